The molecule has 1 atom stereocenters. The van der Waals surface area contributed by atoms with Crippen LogP contribution >= 0.6 is 0 Å². The molecule has 0 unspecified atom stereocenters. The van der Waals surface area contributed by atoms with Gasteiger partial charge >= 0.3 is 0 Å². The topological polar surface area (TPSA) is 130 Å². The van der Waals surface area contributed by atoms with Gasteiger partial charge < -0.3 is 4.90 Å². The van der Waals surface area contributed by atoms with Gasteiger partial charge in [0.15, 0.2) is 9.84 Å². The number of hydrogen-bond acceptors (Lipinski definition) is 7. The zero-order valence-corrected chi connectivity index (χ0v) is 26.3. The van der Waals surface area contributed by atoms with Crippen LogP contribution < -0.4 is 9.44 Å². The molecule has 9 nitrogen and oxygen atoms in total. The molecule has 1 heterocycles. The van der Waals surface area contributed by atoms with Gasteiger partial charge in [-0.3, -0.25) is 4.72 Å². The van der Waals surface area contributed by atoms with E-state index in [1.165, 1.54) is 48.5 Å². The Hall–Kier alpha value is -2.91. The molecule has 3 aromatic carbocycles. The van der Waals surface area contributed by atoms with Crippen molar-refractivity contribution in [2.24, 2.45) is 5.92 Å². The second-order valence-corrected chi connectivity index (χ2v) is 16.5. The molecule has 0 amide bonds. The minimum absolute atomic E-state index is 0.0355. The maximum absolute atomic E-state index is 14.1. The molecule has 0 aliphatic carbocycles. The zero-order chi connectivity index (χ0) is 31.4. The first-order chi connectivity index (χ1) is 20.1. The van der Waals surface area contributed by atoms with Crippen molar-refractivity contribution in [2.75, 3.05) is 43.4 Å². The van der Waals surface area contributed by atoms with E-state index in [1.54, 1.807) is 12.1 Å². The quantitative estimate of drug-likeness (QED) is 0.302. The number of benzene rings is 3. The summed E-state index contributed by atoms with van der Waals surface area (Å²) in [6.45, 7) is 2.32. The molecule has 0 radical (unpaired) electrons. The van der Waals surface area contributed by atoms with E-state index >= 15 is 0 Å². The van der Waals surface area contributed by atoms with Gasteiger partial charge in [-0.15, -0.1) is 0 Å². The number of likely N-dealkylation sites (tertiary alicyclic amines) is 1. The highest BCUT2D eigenvalue weighted by atomic mass is 32.2. The number of halogens is 2. The summed E-state index contributed by atoms with van der Waals surface area (Å²) in [4.78, 5) is 2.43. The Morgan fingerprint density at radius 1 is 0.791 bits per heavy atom. The number of sulfone groups is 1. The monoisotopic (exact) mass is 655 g/mol. The van der Waals surface area contributed by atoms with Gasteiger partial charge in [0.2, 0.25) is 20.0 Å². The Labute approximate surface area is 252 Å². The predicted molar refractivity (Wildman–Crippen MR) is 162 cm³/mol. The standard InChI is InChI=1S/C29H35F2N3O6S3/c1-41(35,36)27-7-3-22(4-8-27)29(23-17-24(30)19-25(31)18-23)13-16-34-14-11-21(12-15-34)20-32-43(39,40)28-9-5-26(6-10-28)33-42(2,37)38/h3-10,17-19,21,29,32-33H,11-16,20H2,1-2H3/t29-/m1/s1. The summed E-state index contributed by atoms with van der Waals surface area (Å²) in [5.74, 6) is -1.61. The van der Waals surface area contributed by atoms with Crippen molar-refractivity contribution in [3.8, 4) is 0 Å². The summed E-state index contributed by atoms with van der Waals surface area (Å²) in [5.41, 5.74) is 1.49. The predicted octanol–water partition coefficient (Wildman–Crippen LogP) is 3.95. The second kappa shape index (κ2) is 13.4. The van der Waals surface area contributed by atoms with Crippen LogP contribution in [0.1, 0.15) is 36.3 Å². The van der Waals surface area contributed by atoms with Gasteiger partial charge in [-0.1, -0.05) is 12.1 Å². The highest BCUT2D eigenvalue weighted by Gasteiger charge is 2.24. The molecule has 1 aliphatic heterocycles. The molecule has 1 saturated heterocycles. The molecule has 43 heavy (non-hydrogen) atoms. The molecule has 0 bridgehead atoms. The zero-order valence-electron chi connectivity index (χ0n) is 23.8. The molecule has 234 valence electrons. The molecule has 0 saturated carbocycles. The first-order valence-corrected chi connectivity index (χ1v) is 18.9. The second-order valence-electron chi connectivity index (χ2n) is 10.9. The van der Waals surface area contributed by atoms with Crippen molar-refractivity contribution in [3.05, 3.63) is 89.5 Å². The van der Waals surface area contributed by atoms with E-state index in [-0.39, 0.29) is 33.9 Å². The van der Waals surface area contributed by atoms with Gasteiger partial charge in [0.05, 0.1) is 16.0 Å². The molecule has 3 aromatic rings. The molecular formula is C29H35F2N3O6S3. The molecule has 0 aromatic heterocycles. The van der Waals surface area contributed by atoms with Crippen LogP contribution in [-0.2, 0) is 29.9 Å². The fraction of sp³-hybridized carbons (Fsp3) is 0.379. The summed E-state index contributed by atoms with van der Waals surface area (Å²) in [6.07, 6.45) is 4.18. The third kappa shape index (κ3) is 9.54. The maximum Gasteiger partial charge on any atom is 0.240 e. The third-order valence-electron chi connectivity index (χ3n) is 7.47. The largest absolute Gasteiger partial charge is 0.303 e. The van der Waals surface area contributed by atoms with E-state index in [9.17, 15) is 34.0 Å². The van der Waals surface area contributed by atoms with Crippen LogP contribution in [0.2, 0.25) is 0 Å². The van der Waals surface area contributed by atoms with Crippen LogP contribution in [0.25, 0.3) is 0 Å². The molecule has 14 heteroatoms. The summed E-state index contributed by atoms with van der Waals surface area (Å²) in [7, 11) is -10.6. The van der Waals surface area contributed by atoms with Crippen LogP contribution in [0.3, 0.4) is 0 Å². The summed E-state index contributed by atoms with van der Waals surface area (Å²) in [6, 6.07) is 15.2. The van der Waals surface area contributed by atoms with E-state index < -0.39 is 41.5 Å². The van der Waals surface area contributed by atoms with Crippen molar-refractivity contribution >= 4 is 35.6 Å². The van der Waals surface area contributed by atoms with Gasteiger partial charge in [0.25, 0.3) is 0 Å². The molecule has 2 N–H and O–H groups in total. The average molecular weight is 656 g/mol. The third-order valence-corrected chi connectivity index (χ3v) is 10.6. The van der Waals surface area contributed by atoms with Crippen molar-refractivity contribution in [1.82, 2.24) is 9.62 Å². The normalized spacial score (nSPS) is 16.2. The number of nitrogens with one attached hydrogen (secondary N) is 2. The fourth-order valence-corrected chi connectivity index (χ4v) is 7.51. The minimum atomic E-state index is -3.78. The van der Waals surface area contributed by atoms with E-state index in [0.717, 1.165) is 50.1 Å². The van der Waals surface area contributed by atoms with Crippen LogP contribution in [0, 0.1) is 17.6 Å². The molecule has 1 fully saturated rings. The van der Waals surface area contributed by atoms with Crippen molar-refractivity contribution < 1.29 is 34.0 Å². The number of anilines is 1. The van der Waals surface area contributed by atoms with Gasteiger partial charge in [0, 0.05) is 30.5 Å². The van der Waals surface area contributed by atoms with Crippen molar-refractivity contribution in [3.63, 3.8) is 0 Å². The number of piperidine rings is 1. The molecule has 1 aliphatic rings. The summed E-state index contributed by atoms with van der Waals surface area (Å²) < 4.78 is 105. The Kier molecular flexibility index (Phi) is 10.3. The van der Waals surface area contributed by atoms with E-state index in [1.807, 2.05) is 0 Å². The van der Waals surface area contributed by atoms with Gasteiger partial charge in [-0.2, -0.15) is 0 Å². The molecule has 0 spiro atoms. The maximum atomic E-state index is 14.1. The lowest BCUT2D eigenvalue weighted by molar-refractivity contribution is 0.182. The lowest BCUT2D eigenvalue weighted by atomic mass is 9.87. The first-order valence-electron chi connectivity index (χ1n) is 13.6. The van der Waals surface area contributed by atoms with Crippen LogP contribution in [0.15, 0.2) is 76.5 Å². The van der Waals surface area contributed by atoms with Gasteiger partial charge in [-0.25, -0.2) is 38.8 Å². The summed E-state index contributed by atoms with van der Waals surface area (Å²) in [5, 5.41) is 0. The first kappa shape index (κ1) is 33.0. The number of hydrogen-bond donors (Lipinski definition) is 2. The Morgan fingerprint density at radius 2 is 1.35 bits per heavy atom. The van der Waals surface area contributed by atoms with Crippen molar-refractivity contribution in [2.45, 2.75) is 35.0 Å². The van der Waals surface area contributed by atoms with Crippen LogP contribution in [0.4, 0.5) is 14.5 Å². The number of nitrogens with zero attached hydrogens (tertiary/aromatic N) is 1. The summed E-state index contributed by atoms with van der Waals surface area (Å²) >= 11 is 0. The lowest BCUT2D eigenvalue weighted by Crippen LogP contribution is -2.39. The highest BCUT2D eigenvalue weighted by Crippen LogP contribution is 2.31. The lowest BCUT2D eigenvalue weighted by Gasteiger charge is -2.33. The number of sulfonamides is 2. The van der Waals surface area contributed by atoms with Crippen LogP contribution in [-0.4, -0.2) is 68.8 Å². The SMILES string of the molecule is CS(=O)(=O)Nc1ccc(S(=O)(=O)NCC2CCN(CC[C@H](c3ccc(S(C)(=O)=O)cc3)c3cc(F)cc(F)c3)CC2)cc1. The van der Waals surface area contributed by atoms with E-state index in [0.29, 0.717) is 18.5 Å². The number of rotatable bonds is 12. The average Bonchev–Trinajstić information content (AvgIpc) is 2.91. The van der Waals surface area contributed by atoms with Crippen LogP contribution in [0.5, 0.6) is 0 Å². The Morgan fingerprint density at radius 3 is 1.88 bits per heavy atom. The minimum Gasteiger partial charge on any atom is -0.303 e. The van der Waals surface area contributed by atoms with E-state index in [4.69, 9.17) is 0 Å². The Bertz CT molecular complexity index is 1720. The highest BCUT2D eigenvalue weighted by molar-refractivity contribution is 7.92. The Balaban J connectivity index is 1.34. The van der Waals surface area contributed by atoms with Crippen molar-refractivity contribution in [1.29, 1.82) is 0 Å². The van der Waals surface area contributed by atoms with Gasteiger partial charge in [0.1, 0.15) is 11.6 Å². The van der Waals surface area contributed by atoms with Gasteiger partial charge in [-0.05, 0) is 104 Å². The fourth-order valence-electron chi connectivity index (χ4n) is 5.20. The van der Waals surface area contributed by atoms with E-state index in [2.05, 4.69) is 14.3 Å². The smallest absolute Gasteiger partial charge is 0.240 e. The molecular weight excluding hydrogens is 621 g/mol. The molecule has 4 rings (SSSR count).